The molecule has 68 valence electrons. The van der Waals surface area contributed by atoms with Crippen LogP contribution < -0.4 is 0 Å². The van der Waals surface area contributed by atoms with Gasteiger partial charge in [-0.05, 0) is 0 Å². The molecule has 0 radical (unpaired) electrons. The Morgan fingerprint density at radius 1 is 1.46 bits per heavy atom. The summed E-state index contributed by atoms with van der Waals surface area (Å²) in [4.78, 5) is 12.1. The molecule has 1 unspecified atom stereocenters. The van der Waals surface area contributed by atoms with E-state index in [1.807, 2.05) is 7.05 Å². The van der Waals surface area contributed by atoms with E-state index in [0.29, 0.717) is 10.8 Å². The lowest BCUT2D eigenvalue weighted by atomic mass is 10.6. The molecular formula is C7H8N4OS. The third-order valence-corrected chi connectivity index (χ3v) is 2.40. The minimum atomic E-state index is -1.14. The second-order valence-electron chi connectivity index (χ2n) is 2.67. The van der Waals surface area contributed by atoms with Crippen LogP contribution >= 0.6 is 0 Å². The van der Waals surface area contributed by atoms with Gasteiger partial charge in [0.15, 0.2) is 5.65 Å². The van der Waals surface area contributed by atoms with Gasteiger partial charge in [-0.1, -0.05) is 0 Å². The normalized spacial score (nSPS) is 13.4. The number of hydrogen-bond acceptors (Lipinski definition) is 4. The Balaban J connectivity index is 2.72. The van der Waals surface area contributed by atoms with Gasteiger partial charge in [-0.15, -0.1) is 0 Å². The van der Waals surface area contributed by atoms with Crippen molar-refractivity contribution < 1.29 is 4.21 Å². The van der Waals surface area contributed by atoms with Crippen molar-refractivity contribution in [2.24, 2.45) is 7.05 Å². The number of aromatic nitrogens is 4. The molecule has 0 amide bonds. The van der Waals surface area contributed by atoms with Gasteiger partial charge in [-0.2, -0.15) is 0 Å². The SMILES string of the molecule is Cn1cnc2cnc(S(C)=O)nc21. The lowest BCUT2D eigenvalue weighted by Crippen LogP contribution is -1.98. The zero-order chi connectivity index (χ0) is 9.42. The van der Waals surface area contributed by atoms with Crippen LogP contribution in [0.15, 0.2) is 17.7 Å². The maximum atomic E-state index is 11.1. The molecule has 0 spiro atoms. The lowest BCUT2D eigenvalue weighted by molar-refractivity contribution is 0.680. The fraction of sp³-hybridized carbons (Fsp3) is 0.286. The highest BCUT2D eigenvalue weighted by atomic mass is 32.2. The molecule has 0 bridgehead atoms. The van der Waals surface area contributed by atoms with Gasteiger partial charge in [-0.25, -0.2) is 15.0 Å². The van der Waals surface area contributed by atoms with E-state index in [1.165, 1.54) is 0 Å². The van der Waals surface area contributed by atoms with Gasteiger partial charge in [0.05, 0.1) is 23.3 Å². The summed E-state index contributed by atoms with van der Waals surface area (Å²) in [5.41, 5.74) is 1.43. The van der Waals surface area contributed by atoms with Crippen molar-refractivity contribution >= 4 is 22.0 Å². The summed E-state index contributed by atoms with van der Waals surface area (Å²) in [5.74, 6) is 0. The number of rotatable bonds is 1. The minimum absolute atomic E-state index is 0.344. The minimum Gasteiger partial charge on any atom is -0.318 e. The Labute approximate surface area is 77.3 Å². The largest absolute Gasteiger partial charge is 0.318 e. The monoisotopic (exact) mass is 196 g/mol. The highest BCUT2D eigenvalue weighted by Gasteiger charge is 2.05. The summed E-state index contributed by atoms with van der Waals surface area (Å²) in [5, 5.41) is 0.344. The first-order valence-electron chi connectivity index (χ1n) is 3.66. The molecule has 0 aliphatic carbocycles. The van der Waals surface area contributed by atoms with Crippen LogP contribution in [0.3, 0.4) is 0 Å². The molecule has 0 saturated heterocycles. The molecular weight excluding hydrogens is 188 g/mol. The van der Waals surface area contributed by atoms with Crippen molar-refractivity contribution in [3.05, 3.63) is 12.5 Å². The summed E-state index contributed by atoms with van der Waals surface area (Å²) in [6.45, 7) is 0. The summed E-state index contributed by atoms with van der Waals surface area (Å²) < 4.78 is 12.8. The van der Waals surface area contributed by atoms with Crippen molar-refractivity contribution in [1.82, 2.24) is 19.5 Å². The van der Waals surface area contributed by atoms with Gasteiger partial charge < -0.3 is 4.57 Å². The molecule has 0 fully saturated rings. The second-order valence-corrected chi connectivity index (χ2v) is 3.94. The highest BCUT2D eigenvalue weighted by molar-refractivity contribution is 7.84. The van der Waals surface area contributed by atoms with E-state index in [9.17, 15) is 4.21 Å². The summed E-state index contributed by atoms with van der Waals surface area (Å²) in [6.07, 6.45) is 4.79. The molecule has 2 heterocycles. The van der Waals surface area contributed by atoms with Crippen LogP contribution in [0.4, 0.5) is 0 Å². The zero-order valence-electron chi connectivity index (χ0n) is 7.26. The van der Waals surface area contributed by atoms with E-state index in [-0.39, 0.29) is 0 Å². The number of hydrogen-bond donors (Lipinski definition) is 0. The van der Waals surface area contributed by atoms with E-state index in [2.05, 4.69) is 15.0 Å². The number of aryl methyl sites for hydroxylation is 1. The zero-order valence-corrected chi connectivity index (χ0v) is 8.08. The topological polar surface area (TPSA) is 60.7 Å². The molecule has 1 atom stereocenters. The fourth-order valence-corrected chi connectivity index (χ4v) is 1.46. The fourth-order valence-electron chi connectivity index (χ4n) is 1.04. The Morgan fingerprint density at radius 2 is 2.23 bits per heavy atom. The third-order valence-electron chi connectivity index (χ3n) is 1.69. The molecule has 5 nitrogen and oxygen atoms in total. The predicted octanol–water partition coefficient (Wildman–Crippen LogP) is 0.101. The lowest BCUT2D eigenvalue weighted by Gasteiger charge is -1.95. The van der Waals surface area contributed by atoms with Crippen LogP contribution in [0.2, 0.25) is 0 Å². The highest BCUT2D eigenvalue weighted by Crippen LogP contribution is 2.08. The van der Waals surface area contributed by atoms with Gasteiger partial charge >= 0.3 is 0 Å². The molecule has 0 saturated carbocycles. The first-order valence-corrected chi connectivity index (χ1v) is 5.22. The Hall–Kier alpha value is -1.30. The number of imidazole rings is 1. The molecule has 6 heteroatoms. The van der Waals surface area contributed by atoms with Gasteiger partial charge in [-0.3, -0.25) is 4.21 Å². The van der Waals surface area contributed by atoms with E-state index in [4.69, 9.17) is 0 Å². The molecule has 0 N–H and O–H groups in total. The molecule has 2 rings (SSSR count). The first kappa shape index (κ1) is 8.31. The Kier molecular flexibility index (Phi) is 1.84. The van der Waals surface area contributed by atoms with Crippen molar-refractivity contribution in [2.75, 3.05) is 6.26 Å². The average Bonchev–Trinajstić information content (AvgIpc) is 2.47. The third kappa shape index (κ3) is 1.33. The van der Waals surface area contributed by atoms with Gasteiger partial charge in [0.2, 0.25) is 5.16 Å². The molecule has 13 heavy (non-hydrogen) atoms. The van der Waals surface area contributed by atoms with Gasteiger partial charge in [0, 0.05) is 13.3 Å². The van der Waals surface area contributed by atoms with Crippen LogP contribution in [0, 0.1) is 0 Å². The standard InChI is InChI=1S/C7H8N4OS/c1-11-4-9-5-3-8-7(13(2)12)10-6(5)11/h3-4H,1-2H3. The van der Waals surface area contributed by atoms with Crippen LogP contribution in [0.1, 0.15) is 0 Å². The van der Waals surface area contributed by atoms with Crippen molar-refractivity contribution in [1.29, 1.82) is 0 Å². The quantitative estimate of drug-likeness (QED) is 0.607. The predicted molar refractivity (Wildman–Crippen MR) is 48.6 cm³/mol. The van der Waals surface area contributed by atoms with E-state index in [1.54, 1.807) is 23.3 Å². The molecule has 0 aromatic carbocycles. The summed E-state index contributed by atoms with van der Waals surface area (Å²) in [6, 6.07) is 0. The molecule has 0 aliphatic rings. The van der Waals surface area contributed by atoms with Crippen LogP contribution in [0.25, 0.3) is 11.2 Å². The van der Waals surface area contributed by atoms with Crippen LogP contribution in [0.5, 0.6) is 0 Å². The molecule has 2 aromatic rings. The Morgan fingerprint density at radius 3 is 2.92 bits per heavy atom. The van der Waals surface area contributed by atoms with E-state index in [0.717, 1.165) is 5.52 Å². The van der Waals surface area contributed by atoms with Crippen LogP contribution in [-0.4, -0.2) is 30.0 Å². The van der Waals surface area contributed by atoms with Crippen molar-refractivity contribution in [2.45, 2.75) is 5.16 Å². The van der Waals surface area contributed by atoms with Crippen molar-refractivity contribution in [3.63, 3.8) is 0 Å². The maximum absolute atomic E-state index is 11.1. The number of fused-ring (bicyclic) bond motifs is 1. The van der Waals surface area contributed by atoms with Gasteiger partial charge in [0.25, 0.3) is 0 Å². The molecule has 2 aromatic heterocycles. The summed E-state index contributed by atoms with van der Waals surface area (Å²) in [7, 11) is 0.697. The maximum Gasteiger partial charge on any atom is 0.220 e. The second kappa shape index (κ2) is 2.88. The van der Waals surface area contributed by atoms with E-state index < -0.39 is 10.8 Å². The number of nitrogens with zero attached hydrogens (tertiary/aromatic N) is 4. The summed E-state index contributed by atoms with van der Waals surface area (Å²) >= 11 is 0. The van der Waals surface area contributed by atoms with Gasteiger partial charge in [0.1, 0.15) is 5.52 Å². The average molecular weight is 196 g/mol. The Bertz CT molecular complexity index is 478. The smallest absolute Gasteiger partial charge is 0.220 e. The van der Waals surface area contributed by atoms with Crippen molar-refractivity contribution in [3.8, 4) is 0 Å². The van der Waals surface area contributed by atoms with E-state index >= 15 is 0 Å². The molecule has 0 aliphatic heterocycles. The van der Waals surface area contributed by atoms with Crippen LogP contribution in [-0.2, 0) is 17.8 Å². The first-order chi connectivity index (χ1) is 6.18.